The fraction of sp³-hybridized carbons (Fsp3) is 0.455. The summed E-state index contributed by atoms with van der Waals surface area (Å²) in [5, 5.41) is 9.05. The standard InChI is InChI=1S/C11H11F3O3/c1-16-10(11(12,13)14)9(17-10)6-7-2-4-8(15)5-3-7/h2-5,9,15H,6H2,1H3. The van der Waals surface area contributed by atoms with Crippen LogP contribution in [-0.4, -0.2) is 30.3 Å². The molecule has 1 aliphatic heterocycles. The second-order valence-corrected chi connectivity index (χ2v) is 3.85. The van der Waals surface area contributed by atoms with Crippen molar-refractivity contribution in [1.29, 1.82) is 0 Å². The Hall–Kier alpha value is -1.27. The molecule has 1 saturated heterocycles. The van der Waals surface area contributed by atoms with Crippen molar-refractivity contribution in [2.45, 2.75) is 24.5 Å². The lowest BCUT2D eigenvalue weighted by Crippen LogP contribution is -2.37. The van der Waals surface area contributed by atoms with Crippen LogP contribution in [0.2, 0.25) is 0 Å². The highest BCUT2D eigenvalue weighted by Gasteiger charge is 2.74. The van der Waals surface area contributed by atoms with Crippen LogP contribution in [0, 0.1) is 0 Å². The third-order valence-corrected chi connectivity index (χ3v) is 2.74. The topological polar surface area (TPSA) is 42.0 Å². The van der Waals surface area contributed by atoms with Crippen LogP contribution in [-0.2, 0) is 15.9 Å². The van der Waals surface area contributed by atoms with Crippen LogP contribution in [0.1, 0.15) is 5.56 Å². The number of methoxy groups -OCH3 is 1. The van der Waals surface area contributed by atoms with E-state index in [2.05, 4.69) is 9.47 Å². The third kappa shape index (κ3) is 2.10. The van der Waals surface area contributed by atoms with Crippen LogP contribution >= 0.6 is 0 Å². The van der Waals surface area contributed by atoms with E-state index in [0.29, 0.717) is 5.56 Å². The van der Waals surface area contributed by atoms with Gasteiger partial charge in [-0.2, -0.15) is 13.2 Å². The Morgan fingerprint density at radius 2 is 1.94 bits per heavy atom. The van der Waals surface area contributed by atoms with Gasteiger partial charge in [0.15, 0.2) is 0 Å². The van der Waals surface area contributed by atoms with E-state index in [1.54, 1.807) is 12.1 Å². The van der Waals surface area contributed by atoms with Gasteiger partial charge in [-0.05, 0) is 17.7 Å². The van der Waals surface area contributed by atoms with Gasteiger partial charge in [0.1, 0.15) is 11.9 Å². The molecule has 1 aromatic carbocycles. The van der Waals surface area contributed by atoms with Crippen LogP contribution in [0.5, 0.6) is 5.75 Å². The fourth-order valence-corrected chi connectivity index (χ4v) is 1.74. The van der Waals surface area contributed by atoms with E-state index in [4.69, 9.17) is 5.11 Å². The Labute approximate surface area is 95.8 Å². The SMILES string of the molecule is COC1(C(F)(F)F)OC1Cc1ccc(O)cc1. The van der Waals surface area contributed by atoms with Crippen LogP contribution in [0.3, 0.4) is 0 Å². The van der Waals surface area contributed by atoms with Gasteiger partial charge in [-0.3, -0.25) is 0 Å². The van der Waals surface area contributed by atoms with E-state index in [0.717, 1.165) is 7.11 Å². The molecular weight excluding hydrogens is 237 g/mol. The Balaban J connectivity index is 2.06. The molecule has 0 aromatic heterocycles. The summed E-state index contributed by atoms with van der Waals surface area (Å²) in [6, 6.07) is 5.93. The largest absolute Gasteiger partial charge is 0.508 e. The smallest absolute Gasteiger partial charge is 0.446 e. The zero-order chi connectivity index (χ0) is 12.7. The molecule has 94 valence electrons. The Morgan fingerprint density at radius 3 is 2.35 bits per heavy atom. The van der Waals surface area contributed by atoms with Crippen LogP contribution in [0.4, 0.5) is 13.2 Å². The number of hydrogen-bond donors (Lipinski definition) is 1. The van der Waals surface area contributed by atoms with Crippen molar-refractivity contribution in [2.24, 2.45) is 0 Å². The third-order valence-electron chi connectivity index (χ3n) is 2.74. The van der Waals surface area contributed by atoms with Crippen LogP contribution in [0.15, 0.2) is 24.3 Å². The normalized spacial score (nSPS) is 28.1. The first-order chi connectivity index (χ1) is 7.89. The summed E-state index contributed by atoms with van der Waals surface area (Å²) in [6.07, 6.45) is -5.48. The molecule has 2 unspecified atom stereocenters. The molecule has 0 bridgehead atoms. The molecule has 2 rings (SSSR count). The highest BCUT2D eigenvalue weighted by atomic mass is 19.4. The molecular formula is C11H11F3O3. The second kappa shape index (κ2) is 3.89. The predicted molar refractivity (Wildman–Crippen MR) is 52.5 cm³/mol. The number of ether oxygens (including phenoxy) is 2. The molecule has 0 aliphatic carbocycles. The molecule has 0 amide bonds. The molecule has 6 heteroatoms. The van der Waals surface area contributed by atoms with E-state index in [-0.39, 0.29) is 12.2 Å². The average molecular weight is 248 g/mol. The van der Waals surface area contributed by atoms with Crippen molar-refractivity contribution in [3.05, 3.63) is 29.8 Å². The van der Waals surface area contributed by atoms with Gasteiger partial charge >= 0.3 is 6.18 Å². The molecule has 2 atom stereocenters. The fourth-order valence-electron chi connectivity index (χ4n) is 1.74. The average Bonchev–Trinajstić information content (AvgIpc) is 2.96. The number of benzene rings is 1. The summed E-state index contributed by atoms with van der Waals surface area (Å²) >= 11 is 0. The molecule has 1 heterocycles. The van der Waals surface area contributed by atoms with Gasteiger partial charge in [-0.25, -0.2) is 0 Å². The molecule has 0 spiro atoms. The van der Waals surface area contributed by atoms with Gasteiger partial charge in [-0.15, -0.1) is 0 Å². The lowest BCUT2D eigenvalue weighted by Gasteiger charge is -2.14. The summed E-state index contributed by atoms with van der Waals surface area (Å²) < 4.78 is 46.9. The molecule has 0 radical (unpaired) electrons. The number of epoxide rings is 1. The Kier molecular flexibility index (Phi) is 2.79. The van der Waals surface area contributed by atoms with Gasteiger partial charge < -0.3 is 14.6 Å². The predicted octanol–water partition coefficient (Wildman–Crippen LogP) is 2.24. The van der Waals surface area contributed by atoms with E-state index in [1.807, 2.05) is 0 Å². The van der Waals surface area contributed by atoms with Gasteiger partial charge in [0.25, 0.3) is 5.79 Å². The minimum Gasteiger partial charge on any atom is -0.508 e. The maximum atomic E-state index is 12.6. The molecule has 1 aromatic rings. The van der Waals surface area contributed by atoms with Crippen molar-refractivity contribution in [3.8, 4) is 5.75 Å². The maximum absolute atomic E-state index is 12.6. The minimum atomic E-state index is -4.54. The Morgan fingerprint density at radius 1 is 1.35 bits per heavy atom. The first-order valence-electron chi connectivity index (χ1n) is 4.96. The number of rotatable bonds is 3. The quantitative estimate of drug-likeness (QED) is 0.834. The number of phenolic OH excluding ortho intramolecular Hbond substituents is 1. The van der Waals surface area contributed by atoms with E-state index >= 15 is 0 Å². The second-order valence-electron chi connectivity index (χ2n) is 3.85. The zero-order valence-electron chi connectivity index (χ0n) is 8.99. The van der Waals surface area contributed by atoms with Crippen LogP contribution < -0.4 is 0 Å². The lowest BCUT2D eigenvalue weighted by atomic mass is 10.1. The van der Waals surface area contributed by atoms with Crippen molar-refractivity contribution in [2.75, 3.05) is 7.11 Å². The first-order valence-corrected chi connectivity index (χ1v) is 4.96. The van der Waals surface area contributed by atoms with Crippen molar-refractivity contribution in [3.63, 3.8) is 0 Å². The number of phenols is 1. The first kappa shape index (κ1) is 12.2. The molecule has 0 saturated carbocycles. The van der Waals surface area contributed by atoms with Gasteiger partial charge in [0.2, 0.25) is 0 Å². The summed E-state index contributed by atoms with van der Waals surface area (Å²) in [7, 11) is 0.976. The molecule has 1 aliphatic rings. The zero-order valence-corrected chi connectivity index (χ0v) is 8.99. The molecule has 3 nitrogen and oxygen atoms in total. The summed E-state index contributed by atoms with van der Waals surface area (Å²) in [5.74, 6) is -2.40. The van der Waals surface area contributed by atoms with Crippen molar-refractivity contribution >= 4 is 0 Å². The number of halogens is 3. The highest BCUT2D eigenvalue weighted by Crippen LogP contribution is 2.51. The highest BCUT2D eigenvalue weighted by molar-refractivity contribution is 5.27. The minimum absolute atomic E-state index is 0.0688. The van der Waals surface area contributed by atoms with Gasteiger partial charge in [0, 0.05) is 13.5 Å². The molecule has 17 heavy (non-hydrogen) atoms. The van der Waals surface area contributed by atoms with E-state index < -0.39 is 18.1 Å². The summed E-state index contributed by atoms with van der Waals surface area (Å²) in [5.41, 5.74) is 0.649. The number of alkyl halides is 3. The van der Waals surface area contributed by atoms with Crippen LogP contribution in [0.25, 0.3) is 0 Å². The monoisotopic (exact) mass is 248 g/mol. The number of aromatic hydroxyl groups is 1. The Bertz CT molecular complexity index is 401. The van der Waals surface area contributed by atoms with E-state index in [1.165, 1.54) is 12.1 Å². The lowest BCUT2D eigenvalue weighted by molar-refractivity contribution is -0.263. The van der Waals surface area contributed by atoms with E-state index in [9.17, 15) is 13.2 Å². The number of hydrogen-bond acceptors (Lipinski definition) is 3. The molecule has 1 fully saturated rings. The van der Waals surface area contributed by atoms with Gasteiger partial charge in [0.05, 0.1) is 0 Å². The maximum Gasteiger partial charge on any atom is 0.446 e. The summed E-state index contributed by atoms with van der Waals surface area (Å²) in [4.78, 5) is 0. The molecule has 1 N–H and O–H groups in total. The van der Waals surface area contributed by atoms with Crippen molar-refractivity contribution in [1.82, 2.24) is 0 Å². The van der Waals surface area contributed by atoms with Gasteiger partial charge in [-0.1, -0.05) is 12.1 Å². The summed E-state index contributed by atoms with van der Waals surface area (Å²) in [6.45, 7) is 0. The van der Waals surface area contributed by atoms with Crippen molar-refractivity contribution < 1.29 is 27.8 Å².